The van der Waals surface area contributed by atoms with E-state index in [1.807, 2.05) is 19.0 Å². The number of allylic oxidation sites excluding steroid dienone is 4. The van der Waals surface area contributed by atoms with Gasteiger partial charge in [0.1, 0.15) is 0 Å². The first-order valence-corrected chi connectivity index (χ1v) is 12.3. The number of carbonyl (C=O) groups is 1. The zero-order chi connectivity index (χ0) is 21.5. The van der Waals surface area contributed by atoms with Crippen LogP contribution in [0, 0.1) is 16.1 Å². The highest BCUT2D eigenvalue weighted by Gasteiger charge is 2.46. The Balaban J connectivity index is 1.49. The molecule has 2 fully saturated rings. The van der Waals surface area contributed by atoms with E-state index >= 15 is 0 Å². The van der Waals surface area contributed by atoms with Crippen molar-refractivity contribution in [2.45, 2.75) is 57.0 Å². The minimum atomic E-state index is -3.54. The van der Waals surface area contributed by atoms with Crippen LogP contribution >= 0.6 is 0 Å². The van der Waals surface area contributed by atoms with Gasteiger partial charge in [-0.05, 0) is 69.3 Å². The summed E-state index contributed by atoms with van der Waals surface area (Å²) in [4.78, 5) is 14.8. The molecule has 0 spiro atoms. The first-order chi connectivity index (χ1) is 14.2. The van der Waals surface area contributed by atoms with E-state index < -0.39 is 15.9 Å². The Morgan fingerprint density at radius 3 is 2.97 bits per heavy atom. The lowest BCUT2D eigenvalue weighted by molar-refractivity contribution is 0.240. The van der Waals surface area contributed by atoms with E-state index in [1.54, 1.807) is 16.9 Å². The normalized spacial score (nSPS) is 27.5. The van der Waals surface area contributed by atoms with Gasteiger partial charge in [0.2, 0.25) is 0 Å². The number of urea groups is 1. The maximum Gasteiger partial charge on any atom is 0.331 e. The quantitative estimate of drug-likeness (QED) is 0.642. The van der Waals surface area contributed by atoms with Crippen LogP contribution in [-0.2, 0) is 16.5 Å². The summed E-state index contributed by atoms with van der Waals surface area (Å²) in [5, 5.41) is 7.33. The van der Waals surface area contributed by atoms with Crippen LogP contribution < -0.4 is 10.0 Å². The van der Waals surface area contributed by atoms with Crippen molar-refractivity contribution < 1.29 is 9.00 Å². The molecule has 0 saturated heterocycles. The van der Waals surface area contributed by atoms with E-state index in [0.717, 1.165) is 50.8 Å². The van der Waals surface area contributed by atoms with Gasteiger partial charge >= 0.3 is 6.03 Å². The second kappa shape index (κ2) is 7.85. The molecule has 9 heteroatoms. The molecular weight excluding hydrogens is 400 g/mol. The van der Waals surface area contributed by atoms with Gasteiger partial charge in [-0.2, -0.15) is 5.10 Å². The summed E-state index contributed by atoms with van der Waals surface area (Å²) < 4.78 is 25.2. The van der Waals surface area contributed by atoms with Crippen molar-refractivity contribution in [1.29, 1.82) is 4.78 Å². The van der Waals surface area contributed by atoms with Crippen molar-refractivity contribution in [3.8, 4) is 0 Å². The monoisotopic (exact) mass is 432 g/mol. The van der Waals surface area contributed by atoms with E-state index in [4.69, 9.17) is 4.78 Å². The highest BCUT2D eigenvalue weighted by molar-refractivity contribution is 7.91. The van der Waals surface area contributed by atoms with Gasteiger partial charge in [-0.3, -0.25) is 4.68 Å². The lowest BCUT2D eigenvalue weighted by Gasteiger charge is -2.38. The molecular formula is C21H32N6O2S. The van der Waals surface area contributed by atoms with E-state index in [-0.39, 0.29) is 10.4 Å². The first kappa shape index (κ1) is 21.1. The Labute approximate surface area is 178 Å². The molecule has 0 bridgehead atoms. The highest BCUT2D eigenvalue weighted by Crippen LogP contribution is 2.55. The Bertz CT molecular complexity index is 1010. The SMILES string of the molecule is CN(C)CCn1ccc(S(=N)(=O)NC(=O)NC2=C3CCCC3=CC3CCCC23C)n1. The molecule has 1 aromatic rings. The van der Waals surface area contributed by atoms with Crippen molar-refractivity contribution in [2.75, 3.05) is 20.6 Å². The molecule has 0 aliphatic heterocycles. The number of fused-ring (bicyclic) bond motifs is 2. The summed E-state index contributed by atoms with van der Waals surface area (Å²) in [6.07, 6.45) is 10.6. The molecule has 1 heterocycles. The molecule has 3 aliphatic carbocycles. The number of aromatic nitrogens is 2. The molecule has 1 aromatic heterocycles. The summed E-state index contributed by atoms with van der Waals surface area (Å²) in [6, 6.07) is 0.959. The van der Waals surface area contributed by atoms with Gasteiger partial charge in [0, 0.05) is 23.9 Å². The molecule has 164 valence electrons. The minimum Gasteiger partial charge on any atom is -0.310 e. The topological polar surface area (TPSA) is 103 Å². The fourth-order valence-electron chi connectivity index (χ4n) is 5.06. The number of likely N-dealkylation sites (N-methyl/N-ethyl adjacent to an activating group) is 1. The predicted molar refractivity (Wildman–Crippen MR) is 116 cm³/mol. The van der Waals surface area contributed by atoms with Crippen LogP contribution in [0.2, 0.25) is 0 Å². The number of hydrogen-bond acceptors (Lipinski definition) is 5. The Kier molecular flexibility index (Phi) is 5.52. The second-order valence-electron chi connectivity index (χ2n) is 9.15. The van der Waals surface area contributed by atoms with Crippen LogP contribution in [0.1, 0.15) is 45.4 Å². The van der Waals surface area contributed by atoms with E-state index in [9.17, 15) is 9.00 Å². The predicted octanol–water partition coefficient (Wildman–Crippen LogP) is 3.25. The molecule has 30 heavy (non-hydrogen) atoms. The molecule has 3 aliphatic rings. The number of hydrogen-bond donors (Lipinski definition) is 3. The van der Waals surface area contributed by atoms with Crippen molar-refractivity contribution in [2.24, 2.45) is 11.3 Å². The second-order valence-corrected chi connectivity index (χ2v) is 10.9. The fraction of sp³-hybridized carbons (Fsp3) is 0.619. The number of nitrogens with one attached hydrogen (secondary N) is 3. The summed E-state index contributed by atoms with van der Waals surface area (Å²) >= 11 is 0. The van der Waals surface area contributed by atoms with Crippen LogP contribution in [0.4, 0.5) is 4.79 Å². The Hall–Kier alpha value is -2.13. The maximum absolute atomic E-state index is 12.9. The Morgan fingerprint density at radius 1 is 1.40 bits per heavy atom. The molecule has 4 rings (SSSR count). The fourth-order valence-corrected chi connectivity index (χ4v) is 5.95. The molecule has 2 amide bonds. The van der Waals surface area contributed by atoms with E-state index in [0.29, 0.717) is 12.5 Å². The molecule has 3 unspecified atom stereocenters. The minimum absolute atomic E-state index is 0.0732. The van der Waals surface area contributed by atoms with Crippen molar-refractivity contribution in [1.82, 2.24) is 24.7 Å². The van der Waals surface area contributed by atoms with Gasteiger partial charge in [0.25, 0.3) is 0 Å². The van der Waals surface area contributed by atoms with Gasteiger partial charge in [-0.1, -0.05) is 19.4 Å². The van der Waals surface area contributed by atoms with Crippen LogP contribution in [0.5, 0.6) is 0 Å². The van der Waals surface area contributed by atoms with Crippen molar-refractivity contribution >= 4 is 15.9 Å². The number of nitrogens with zero attached hydrogens (tertiary/aromatic N) is 3. The smallest absolute Gasteiger partial charge is 0.310 e. The van der Waals surface area contributed by atoms with Gasteiger partial charge in [-0.25, -0.2) is 18.5 Å². The first-order valence-electron chi connectivity index (χ1n) is 10.7. The summed E-state index contributed by atoms with van der Waals surface area (Å²) in [5.41, 5.74) is 3.50. The summed E-state index contributed by atoms with van der Waals surface area (Å²) in [7, 11) is 0.390. The molecule has 3 N–H and O–H groups in total. The van der Waals surface area contributed by atoms with Gasteiger partial charge < -0.3 is 10.2 Å². The van der Waals surface area contributed by atoms with Gasteiger partial charge in [-0.15, -0.1) is 0 Å². The third-order valence-corrected chi connectivity index (χ3v) is 8.01. The number of rotatable bonds is 6. The third-order valence-electron chi connectivity index (χ3n) is 6.73. The zero-order valence-electron chi connectivity index (χ0n) is 18.0. The third kappa shape index (κ3) is 3.92. The highest BCUT2D eigenvalue weighted by atomic mass is 32.2. The summed E-state index contributed by atoms with van der Waals surface area (Å²) in [5.74, 6) is 0.442. The lowest BCUT2D eigenvalue weighted by atomic mass is 9.70. The van der Waals surface area contributed by atoms with Gasteiger partial charge in [0.05, 0.1) is 6.54 Å². The molecule has 2 saturated carbocycles. The van der Waals surface area contributed by atoms with Crippen LogP contribution in [0.15, 0.2) is 40.2 Å². The molecule has 0 aromatic carbocycles. The molecule has 8 nitrogen and oxygen atoms in total. The zero-order valence-corrected chi connectivity index (χ0v) is 18.8. The summed E-state index contributed by atoms with van der Waals surface area (Å²) in [6.45, 7) is 3.63. The standard InChI is InChI=1S/C21H32N6O2S/c1-21-10-5-7-16(21)14-15-6-4-8-17(15)19(21)23-20(28)25-30(22,29)18-9-11-27(24-18)13-12-26(2)3/h9,11,14,16H,4-8,10,12-13H2,1-3H3,(H3,22,23,25,28,29). The van der Waals surface area contributed by atoms with Gasteiger partial charge in [0.15, 0.2) is 14.9 Å². The average molecular weight is 433 g/mol. The van der Waals surface area contributed by atoms with Crippen LogP contribution in [0.25, 0.3) is 0 Å². The van der Waals surface area contributed by atoms with Crippen LogP contribution in [0.3, 0.4) is 0 Å². The average Bonchev–Trinajstić information content (AvgIpc) is 3.39. The van der Waals surface area contributed by atoms with E-state index in [1.165, 1.54) is 11.1 Å². The largest absolute Gasteiger partial charge is 0.331 e. The molecule has 3 atom stereocenters. The molecule has 0 radical (unpaired) electrons. The lowest BCUT2D eigenvalue weighted by Crippen LogP contribution is -2.44. The van der Waals surface area contributed by atoms with Crippen molar-refractivity contribution in [3.05, 3.63) is 35.2 Å². The van der Waals surface area contributed by atoms with Crippen molar-refractivity contribution in [3.63, 3.8) is 0 Å². The van der Waals surface area contributed by atoms with Crippen LogP contribution in [-0.4, -0.2) is 45.6 Å². The number of amides is 2. The maximum atomic E-state index is 12.9. The number of carbonyl (C=O) groups excluding carboxylic acids is 1. The van der Waals surface area contributed by atoms with E-state index in [2.05, 4.69) is 28.1 Å². The Morgan fingerprint density at radius 2 is 2.20 bits per heavy atom.